The number of benzene rings is 1. The lowest BCUT2D eigenvalue weighted by atomic mass is 9.91. The first-order valence-corrected chi connectivity index (χ1v) is 8.53. The average Bonchev–Trinajstić information content (AvgIpc) is 2.99. The number of ether oxygens (including phenoxy) is 2. The van der Waals surface area contributed by atoms with Crippen LogP contribution in [0.1, 0.15) is 27.7 Å². The molecule has 1 N–H and O–H groups in total. The van der Waals surface area contributed by atoms with E-state index in [9.17, 15) is 4.79 Å². The smallest absolute Gasteiger partial charge is 0.261 e. The largest absolute Gasteiger partial charge is 0.497 e. The van der Waals surface area contributed by atoms with E-state index < -0.39 is 0 Å². The van der Waals surface area contributed by atoms with Crippen LogP contribution in [0.15, 0.2) is 24.3 Å². The number of methoxy groups -OCH3 is 2. The number of carbonyl (C=O) groups is 1. The van der Waals surface area contributed by atoms with E-state index in [0.29, 0.717) is 6.61 Å². The standard InChI is InChI=1S/C18H21NO3S/c1-11(10-21-2)19-18(20)16-9-13-5-4-12-8-14(22-3)6-7-15(12)17(13)23-16/h6-9,11H,4-5,10H2,1-3H3,(H,19,20). The highest BCUT2D eigenvalue weighted by atomic mass is 32.1. The maximum atomic E-state index is 12.4. The summed E-state index contributed by atoms with van der Waals surface area (Å²) < 4.78 is 10.4. The molecule has 1 heterocycles. The van der Waals surface area contributed by atoms with Gasteiger partial charge in [-0.25, -0.2) is 0 Å². The molecule has 0 spiro atoms. The molecule has 1 aromatic carbocycles. The van der Waals surface area contributed by atoms with Crippen LogP contribution in [0.5, 0.6) is 5.75 Å². The number of hydrogen-bond donors (Lipinski definition) is 1. The Morgan fingerprint density at radius 1 is 1.26 bits per heavy atom. The first-order valence-electron chi connectivity index (χ1n) is 7.72. The molecule has 23 heavy (non-hydrogen) atoms. The molecule has 2 aromatic rings. The number of thiophene rings is 1. The summed E-state index contributed by atoms with van der Waals surface area (Å²) in [6.07, 6.45) is 1.95. The fourth-order valence-electron chi connectivity index (χ4n) is 2.94. The van der Waals surface area contributed by atoms with Gasteiger partial charge in [0.2, 0.25) is 0 Å². The molecular weight excluding hydrogens is 310 g/mol. The van der Waals surface area contributed by atoms with Crippen LogP contribution in [-0.4, -0.2) is 32.8 Å². The third-order valence-corrected chi connectivity index (χ3v) is 5.26. The summed E-state index contributed by atoms with van der Waals surface area (Å²) in [6.45, 7) is 2.45. The Hall–Kier alpha value is -1.85. The Kier molecular flexibility index (Phi) is 4.68. The Morgan fingerprint density at radius 3 is 2.78 bits per heavy atom. The molecule has 122 valence electrons. The van der Waals surface area contributed by atoms with Crippen molar-refractivity contribution >= 4 is 17.2 Å². The summed E-state index contributed by atoms with van der Waals surface area (Å²) in [5.74, 6) is 0.860. The molecule has 1 unspecified atom stereocenters. The van der Waals surface area contributed by atoms with Gasteiger partial charge in [-0.15, -0.1) is 11.3 Å². The lowest BCUT2D eigenvalue weighted by Gasteiger charge is -2.16. The summed E-state index contributed by atoms with van der Waals surface area (Å²) in [5.41, 5.74) is 3.77. The maximum absolute atomic E-state index is 12.4. The Balaban J connectivity index is 1.86. The molecule has 0 radical (unpaired) electrons. The number of rotatable bonds is 5. The molecular formula is C18H21NO3S. The van der Waals surface area contributed by atoms with E-state index in [1.54, 1.807) is 25.6 Å². The lowest BCUT2D eigenvalue weighted by molar-refractivity contribution is 0.0909. The first kappa shape index (κ1) is 16.0. The number of nitrogens with one attached hydrogen (secondary N) is 1. The van der Waals surface area contributed by atoms with Crippen molar-refractivity contribution in [1.82, 2.24) is 5.32 Å². The van der Waals surface area contributed by atoms with Gasteiger partial charge in [-0.3, -0.25) is 4.79 Å². The maximum Gasteiger partial charge on any atom is 0.261 e. The van der Waals surface area contributed by atoms with Crippen LogP contribution in [0, 0.1) is 0 Å². The van der Waals surface area contributed by atoms with Crippen LogP contribution in [0.25, 0.3) is 10.4 Å². The van der Waals surface area contributed by atoms with Crippen LogP contribution in [0.4, 0.5) is 0 Å². The van der Waals surface area contributed by atoms with Gasteiger partial charge in [0.05, 0.1) is 18.6 Å². The normalized spacial score (nSPS) is 13.9. The number of carbonyl (C=O) groups excluding carboxylic acids is 1. The van der Waals surface area contributed by atoms with Gasteiger partial charge in [0.15, 0.2) is 0 Å². The monoisotopic (exact) mass is 331 g/mol. The van der Waals surface area contributed by atoms with Gasteiger partial charge < -0.3 is 14.8 Å². The fraction of sp³-hybridized carbons (Fsp3) is 0.389. The zero-order valence-corrected chi connectivity index (χ0v) is 14.5. The molecule has 1 aliphatic rings. The van der Waals surface area contributed by atoms with Crippen molar-refractivity contribution in [2.45, 2.75) is 25.8 Å². The molecule has 1 amide bonds. The van der Waals surface area contributed by atoms with Crippen LogP contribution in [0.2, 0.25) is 0 Å². The van der Waals surface area contributed by atoms with Crippen molar-refractivity contribution in [3.05, 3.63) is 40.3 Å². The van der Waals surface area contributed by atoms with Gasteiger partial charge in [0.1, 0.15) is 5.75 Å². The predicted octanol–water partition coefficient (Wildman–Crippen LogP) is 3.29. The second-order valence-corrected chi connectivity index (χ2v) is 6.87. The van der Waals surface area contributed by atoms with Crippen LogP contribution in [-0.2, 0) is 17.6 Å². The molecule has 1 aromatic heterocycles. The predicted molar refractivity (Wildman–Crippen MR) is 92.5 cm³/mol. The van der Waals surface area contributed by atoms with Crippen molar-refractivity contribution in [1.29, 1.82) is 0 Å². The molecule has 1 atom stereocenters. The molecule has 5 heteroatoms. The van der Waals surface area contributed by atoms with Crippen LogP contribution in [0.3, 0.4) is 0 Å². The molecule has 0 saturated heterocycles. The van der Waals surface area contributed by atoms with E-state index in [1.165, 1.54) is 21.6 Å². The van der Waals surface area contributed by atoms with Crippen molar-refractivity contribution < 1.29 is 14.3 Å². The van der Waals surface area contributed by atoms with E-state index in [2.05, 4.69) is 17.4 Å². The van der Waals surface area contributed by atoms with Gasteiger partial charge in [0.25, 0.3) is 5.91 Å². The van der Waals surface area contributed by atoms with E-state index in [-0.39, 0.29) is 11.9 Å². The van der Waals surface area contributed by atoms with E-state index in [1.807, 2.05) is 19.1 Å². The van der Waals surface area contributed by atoms with Crippen LogP contribution >= 0.6 is 11.3 Å². The van der Waals surface area contributed by atoms with Crippen molar-refractivity contribution in [2.75, 3.05) is 20.8 Å². The Morgan fingerprint density at radius 2 is 2.04 bits per heavy atom. The van der Waals surface area contributed by atoms with Crippen molar-refractivity contribution in [3.8, 4) is 16.2 Å². The number of fused-ring (bicyclic) bond motifs is 3. The van der Waals surface area contributed by atoms with E-state index in [4.69, 9.17) is 9.47 Å². The third-order valence-electron chi connectivity index (χ3n) is 4.05. The van der Waals surface area contributed by atoms with Gasteiger partial charge in [-0.05, 0) is 60.7 Å². The van der Waals surface area contributed by atoms with Gasteiger partial charge in [-0.1, -0.05) is 0 Å². The minimum atomic E-state index is -0.0241. The molecule has 3 rings (SSSR count). The highest BCUT2D eigenvalue weighted by Crippen LogP contribution is 2.40. The molecule has 1 aliphatic carbocycles. The van der Waals surface area contributed by atoms with Gasteiger partial charge in [0, 0.05) is 18.0 Å². The summed E-state index contributed by atoms with van der Waals surface area (Å²) in [7, 11) is 3.32. The fourth-order valence-corrected chi connectivity index (χ4v) is 4.11. The topological polar surface area (TPSA) is 47.6 Å². The van der Waals surface area contributed by atoms with E-state index >= 15 is 0 Å². The van der Waals surface area contributed by atoms with Gasteiger partial charge >= 0.3 is 0 Å². The number of hydrogen-bond acceptors (Lipinski definition) is 4. The zero-order valence-electron chi connectivity index (χ0n) is 13.6. The molecule has 0 fully saturated rings. The summed E-state index contributed by atoms with van der Waals surface area (Å²) in [4.78, 5) is 14.4. The minimum absolute atomic E-state index is 0.00294. The number of aryl methyl sites for hydroxylation is 2. The summed E-state index contributed by atoms with van der Waals surface area (Å²) in [5, 5.41) is 2.97. The van der Waals surface area contributed by atoms with Crippen molar-refractivity contribution in [2.24, 2.45) is 0 Å². The Labute approximate surface area is 140 Å². The SMILES string of the molecule is COCC(C)NC(=O)c1cc2c(s1)-c1ccc(OC)cc1CC2. The molecule has 0 saturated carbocycles. The highest BCUT2D eigenvalue weighted by Gasteiger charge is 2.22. The average molecular weight is 331 g/mol. The summed E-state index contributed by atoms with van der Waals surface area (Å²) in [6, 6.07) is 8.20. The van der Waals surface area contributed by atoms with E-state index in [0.717, 1.165) is 23.5 Å². The molecule has 0 aliphatic heterocycles. The first-order chi connectivity index (χ1) is 11.1. The Bertz CT molecular complexity index is 723. The third kappa shape index (κ3) is 3.26. The summed E-state index contributed by atoms with van der Waals surface area (Å²) >= 11 is 1.57. The van der Waals surface area contributed by atoms with Crippen LogP contribution < -0.4 is 10.1 Å². The second kappa shape index (κ2) is 6.72. The number of amides is 1. The minimum Gasteiger partial charge on any atom is -0.497 e. The van der Waals surface area contributed by atoms with Gasteiger partial charge in [-0.2, -0.15) is 0 Å². The highest BCUT2D eigenvalue weighted by molar-refractivity contribution is 7.17. The second-order valence-electron chi connectivity index (χ2n) is 5.82. The molecule has 4 nitrogen and oxygen atoms in total. The molecule has 0 bridgehead atoms. The zero-order chi connectivity index (χ0) is 16.4. The quantitative estimate of drug-likeness (QED) is 0.914. The lowest BCUT2D eigenvalue weighted by Crippen LogP contribution is -2.35. The van der Waals surface area contributed by atoms with Crippen molar-refractivity contribution in [3.63, 3.8) is 0 Å².